The van der Waals surface area contributed by atoms with E-state index in [0.29, 0.717) is 49.6 Å². The van der Waals surface area contributed by atoms with E-state index in [1.807, 2.05) is 30.3 Å². The number of nitrogens with one attached hydrogen (secondary N) is 1. The van der Waals surface area contributed by atoms with Gasteiger partial charge >= 0.3 is 0 Å². The van der Waals surface area contributed by atoms with Crippen molar-refractivity contribution in [1.29, 1.82) is 0 Å². The zero-order valence-corrected chi connectivity index (χ0v) is 20.9. The Labute approximate surface area is 205 Å². The molecule has 186 valence electrons. The maximum Gasteiger partial charge on any atom is 0.254 e. The van der Waals surface area contributed by atoms with Crippen LogP contribution in [0.15, 0.2) is 64.3 Å². The number of rotatable bonds is 8. The Bertz CT molecular complexity index is 1340. The lowest BCUT2D eigenvalue weighted by molar-refractivity contribution is 0.0662. The van der Waals surface area contributed by atoms with E-state index in [-0.39, 0.29) is 16.4 Å². The first kappa shape index (κ1) is 24.9. The lowest BCUT2D eigenvalue weighted by Gasteiger charge is -2.32. The number of aromatic nitrogens is 1. The summed E-state index contributed by atoms with van der Waals surface area (Å²) in [6.45, 7) is 5.94. The number of carbonyl (C=O) groups excluding carboxylic acids is 1. The molecule has 0 unspecified atom stereocenters. The van der Waals surface area contributed by atoms with Gasteiger partial charge in [-0.05, 0) is 49.1 Å². The van der Waals surface area contributed by atoms with E-state index in [0.717, 1.165) is 18.6 Å². The summed E-state index contributed by atoms with van der Waals surface area (Å²) in [6.07, 6.45) is 1.59. The zero-order valence-electron chi connectivity index (χ0n) is 20.1. The van der Waals surface area contributed by atoms with Crippen molar-refractivity contribution in [3.8, 4) is 5.75 Å². The van der Waals surface area contributed by atoms with E-state index in [1.165, 1.54) is 22.5 Å². The molecule has 0 aliphatic carbocycles. The van der Waals surface area contributed by atoms with Gasteiger partial charge in [-0.2, -0.15) is 4.31 Å². The van der Waals surface area contributed by atoms with Crippen molar-refractivity contribution in [1.82, 2.24) is 14.2 Å². The minimum atomic E-state index is -3.70. The summed E-state index contributed by atoms with van der Waals surface area (Å²) in [5.74, 6) is 0.901. The molecule has 0 radical (unpaired) electrons. The van der Waals surface area contributed by atoms with Gasteiger partial charge in [-0.25, -0.2) is 8.42 Å². The second-order valence-electron chi connectivity index (χ2n) is 8.70. The lowest BCUT2D eigenvalue weighted by atomic mass is 9.97. The average molecular weight is 498 g/mol. The Balaban J connectivity index is 1.54. The van der Waals surface area contributed by atoms with Crippen LogP contribution in [-0.2, 0) is 10.0 Å². The Hall–Kier alpha value is -3.17. The number of likely N-dealkylation sites (tertiary alicyclic amines) is 1. The van der Waals surface area contributed by atoms with Gasteiger partial charge in [0.15, 0.2) is 0 Å². The van der Waals surface area contributed by atoms with Crippen LogP contribution in [0, 0.1) is 5.92 Å². The fourth-order valence-corrected chi connectivity index (χ4v) is 5.97. The summed E-state index contributed by atoms with van der Waals surface area (Å²) >= 11 is 0. The minimum Gasteiger partial charge on any atom is -0.493 e. The van der Waals surface area contributed by atoms with Crippen LogP contribution in [0.4, 0.5) is 0 Å². The number of ether oxygens (including phenoxy) is 1. The van der Waals surface area contributed by atoms with Gasteiger partial charge in [0.2, 0.25) is 15.6 Å². The molecule has 2 heterocycles. The van der Waals surface area contributed by atoms with Crippen molar-refractivity contribution < 1.29 is 17.9 Å². The Morgan fingerprint density at radius 3 is 2.40 bits per heavy atom. The van der Waals surface area contributed by atoms with Gasteiger partial charge in [-0.1, -0.05) is 32.0 Å². The third kappa shape index (κ3) is 5.41. The number of nitrogens with zero attached hydrogens (tertiary/aromatic N) is 2. The number of hydrogen-bond acceptors (Lipinski definition) is 5. The highest BCUT2D eigenvalue weighted by Crippen LogP contribution is 2.26. The first-order valence-electron chi connectivity index (χ1n) is 12.0. The quantitative estimate of drug-likeness (QED) is 0.514. The Morgan fingerprint density at radius 2 is 1.74 bits per heavy atom. The van der Waals surface area contributed by atoms with E-state index in [9.17, 15) is 18.0 Å². The largest absolute Gasteiger partial charge is 0.493 e. The summed E-state index contributed by atoms with van der Waals surface area (Å²) in [6, 6.07) is 15.4. The standard InChI is InChI=1S/C26H31N3O5S/c1-3-29(4-2)35(32,33)21-10-11-24-22(16-21)23(17-25(30)27-24)26(31)28-14-12-19(13-15-28)18-34-20-8-6-5-7-9-20/h5-11,16-17,19H,3-4,12-15,18H2,1-2H3,(H,27,30). The number of piperidine rings is 1. The van der Waals surface area contributed by atoms with Crippen LogP contribution in [0.5, 0.6) is 5.75 Å². The van der Waals surface area contributed by atoms with Crippen LogP contribution >= 0.6 is 0 Å². The van der Waals surface area contributed by atoms with Crippen LogP contribution in [0.1, 0.15) is 37.0 Å². The maximum absolute atomic E-state index is 13.4. The molecule has 35 heavy (non-hydrogen) atoms. The molecule has 0 atom stereocenters. The number of carbonyl (C=O) groups is 1. The third-order valence-electron chi connectivity index (χ3n) is 6.52. The highest BCUT2D eigenvalue weighted by atomic mass is 32.2. The second-order valence-corrected chi connectivity index (χ2v) is 10.6. The van der Waals surface area contributed by atoms with Gasteiger partial charge in [0, 0.05) is 43.1 Å². The monoisotopic (exact) mass is 497 g/mol. The van der Waals surface area contributed by atoms with Gasteiger partial charge in [-0.3, -0.25) is 9.59 Å². The summed E-state index contributed by atoms with van der Waals surface area (Å²) in [4.78, 5) is 30.3. The molecular weight excluding hydrogens is 466 g/mol. The fourth-order valence-electron chi connectivity index (χ4n) is 4.49. The van der Waals surface area contributed by atoms with Gasteiger partial charge in [0.05, 0.1) is 17.1 Å². The number of aromatic amines is 1. The molecule has 1 fully saturated rings. The van der Waals surface area contributed by atoms with Crippen LogP contribution < -0.4 is 10.3 Å². The molecule has 1 aliphatic heterocycles. The molecule has 1 amide bonds. The zero-order chi connectivity index (χ0) is 25.0. The number of fused-ring (bicyclic) bond motifs is 1. The molecule has 2 aromatic carbocycles. The number of para-hydroxylation sites is 1. The smallest absolute Gasteiger partial charge is 0.254 e. The fraction of sp³-hybridized carbons (Fsp3) is 0.385. The van der Waals surface area contributed by atoms with Gasteiger partial charge in [0.25, 0.3) is 5.91 Å². The first-order valence-corrected chi connectivity index (χ1v) is 13.4. The molecule has 4 rings (SSSR count). The summed E-state index contributed by atoms with van der Waals surface area (Å²) in [5.41, 5.74) is 0.260. The molecular formula is C26H31N3O5S. The van der Waals surface area contributed by atoms with Gasteiger partial charge in [0.1, 0.15) is 5.75 Å². The minimum absolute atomic E-state index is 0.103. The number of H-pyrrole nitrogens is 1. The van der Waals surface area contributed by atoms with Crippen LogP contribution in [0.25, 0.3) is 10.9 Å². The average Bonchev–Trinajstić information content (AvgIpc) is 2.87. The Kier molecular flexibility index (Phi) is 7.57. The van der Waals surface area contributed by atoms with Crippen molar-refractivity contribution >= 4 is 26.8 Å². The van der Waals surface area contributed by atoms with E-state index in [1.54, 1.807) is 24.8 Å². The van der Waals surface area contributed by atoms with Crippen molar-refractivity contribution in [3.05, 3.63) is 70.5 Å². The van der Waals surface area contributed by atoms with Crippen LogP contribution in [0.2, 0.25) is 0 Å². The number of amides is 1. The highest BCUT2D eigenvalue weighted by molar-refractivity contribution is 7.89. The lowest BCUT2D eigenvalue weighted by Crippen LogP contribution is -2.40. The van der Waals surface area contributed by atoms with Crippen LogP contribution in [0.3, 0.4) is 0 Å². The predicted octanol–water partition coefficient (Wildman–Crippen LogP) is 3.49. The van der Waals surface area contributed by atoms with Gasteiger partial charge < -0.3 is 14.6 Å². The molecule has 0 bridgehead atoms. The van der Waals surface area contributed by atoms with Crippen molar-refractivity contribution in [3.63, 3.8) is 0 Å². The van der Waals surface area contributed by atoms with E-state index < -0.39 is 15.6 Å². The van der Waals surface area contributed by atoms with Crippen molar-refractivity contribution in [2.75, 3.05) is 32.8 Å². The first-order chi connectivity index (χ1) is 16.8. The summed E-state index contributed by atoms with van der Waals surface area (Å²) in [5, 5.41) is 0.428. The van der Waals surface area contributed by atoms with E-state index >= 15 is 0 Å². The predicted molar refractivity (Wildman–Crippen MR) is 135 cm³/mol. The summed E-state index contributed by atoms with van der Waals surface area (Å²) < 4.78 is 33.3. The van der Waals surface area contributed by atoms with Crippen molar-refractivity contribution in [2.24, 2.45) is 5.92 Å². The topological polar surface area (TPSA) is 99.8 Å². The molecule has 1 aliphatic rings. The maximum atomic E-state index is 13.4. The second kappa shape index (κ2) is 10.6. The van der Waals surface area contributed by atoms with Crippen LogP contribution in [-0.4, -0.2) is 61.3 Å². The molecule has 9 heteroatoms. The number of hydrogen-bond donors (Lipinski definition) is 1. The number of sulfonamides is 1. The normalized spacial score (nSPS) is 15.0. The number of benzene rings is 2. The molecule has 1 aromatic heterocycles. The van der Waals surface area contributed by atoms with E-state index in [4.69, 9.17) is 4.74 Å². The molecule has 1 N–H and O–H groups in total. The van der Waals surface area contributed by atoms with Gasteiger partial charge in [-0.15, -0.1) is 0 Å². The third-order valence-corrected chi connectivity index (χ3v) is 8.56. The molecule has 8 nitrogen and oxygen atoms in total. The summed E-state index contributed by atoms with van der Waals surface area (Å²) in [7, 11) is -3.70. The molecule has 3 aromatic rings. The van der Waals surface area contributed by atoms with Crippen molar-refractivity contribution in [2.45, 2.75) is 31.6 Å². The molecule has 1 saturated heterocycles. The molecule has 0 spiro atoms. The van der Waals surface area contributed by atoms with E-state index in [2.05, 4.69) is 4.98 Å². The molecule has 0 saturated carbocycles. The SMILES string of the molecule is CCN(CC)S(=O)(=O)c1ccc2[nH]c(=O)cc(C(=O)N3CCC(COc4ccccc4)CC3)c2c1. The Morgan fingerprint density at radius 1 is 1.06 bits per heavy atom. The number of pyridine rings is 1. The highest BCUT2D eigenvalue weighted by Gasteiger charge is 2.27.